The molecule has 0 saturated heterocycles. The Morgan fingerprint density at radius 3 is 2.47 bits per heavy atom. The van der Waals surface area contributed by atoms with Gasteiger partial charge in [0.25, 0.3) is 0 Å². The van der Waals surface area contributed by atoms with E-state index in [9.17, 15) is 4.79 Å². The minimum atomic E-state index is -0.110. The number of carbonyl (C=O) groups excluding carboxylic acids is 1. The van der Waals surface area contributed by atoms with Crippen LogP contribution in [0.4, 0.5) is 0 Å². The first-order valence-electron chi connectivity index (χ1n) is 6.30. The first-order valence-corrected chi connectivity index (χ1v) is 6.30. The van der Waals surface area contributed by atoms with Crippen LogP contribution in [0, 0.1) is 11.8 Å². The van der Waals surface area contributed by atoms with Crippen LogP contribution in [0.15, 0.2) is 0 Å². The van der Waals surface area contributed by atoms with Gasteiger partial charge in [-0.05, 0) is 38.1 Å². The summed E-state index contributed by atoms with van der Waals surface area (Å²) in [5.74, 6) is 0.833. The van der Waals surface area contributed by atoms with Crippen molar-refractivity contribution in [1.29, 1.82) is 0 Å². The third-order valence-electron chi connectivity index (χ3n) is 4.02. The van der Waals surface area contributed by atoms with Gasteiger partial charge in [0.05, 0.1) is 5.92 Å². The molecule has 0 spiro atoms. The second-order valence-electron chi connectivity index (χ2n) is 5.10. The van der Waals surface area contributed by atoms with Gasteiger partial charge in [-0.3, -0.25) is 4.79 Å². The minimum Gasteiger partial charge on any atom is -0.369 e. The number of hydrogen-bond donors (Lipinski definition) is 2. The zero-order valence-corrected chi connectivity index (χ0v) is 9.37. The summed E-state index contributed by atoms with van der Waals surface area (Å²) in [7, 11) is 0. The molecule has 3 heteroatoms. The largest absolute Gasteiger partial charge is 0.369 e. The van der Waals surface area contributed by atoms with Crippen molar-refractivity contribution in [2.24, 2.45) is 17.6 Å². The van der Waals surface area contributed by atoms with Gasteiger partial charge in [0.2, 0.25) is 5.91 Å². The lowest BCUT2D eigenvalue weighted by molar-refractivity contribution is -0.123. The van der Waals surface area contributed by atoms with Gasteiger partial charge in [0.1, 0.15) is 0 Å². The molecule has 15 heavy (non-hydrogen) atoms. The summed E-state index contributed by atoms with van der Waals surface area (Å²) in [6.07, 6.45) is 8.62. The zero-order chi connectivity index (χ0) is 10.7. The smallest absolute Gasteiger partial charge is 0.222 e. The maximum atomic E-state index is 11.3. The SMILES string of the molecule is NC(=O)[C@H]1CCCC[C@H]1NCC1CCC1. The Bertz CT molecular complexity index is 226. The average molecular weight is 210 g/mol. The highest BCUT2D eigenvalue weighted by Crippen LogP contribution is 2.28. The van der Waals surface area contributed by atoms with Gasteiger partial charge in [0.15, 0.2) is 0 Å². The maximum absolute atomic E-state index is 11.3. The predicted molar refractivity (Wildman–Crippen MR) is 60.3 cm³/mol. The fourth-order valence-electron chi connectivity index (χ4n) is 2.73. The third kappa shape index (κ3) is 2.71. The number of hydrogen-bond acceptors (Lipinski definition) is 2. The number of rotatable bonds is 4. The fraction of sp³-hybridized carbons (Fsp3) is 0.917. The molecule has 86 valence electrons. The van der Waals surface area contributed by atoms with E-state index in [2.05, 4.69) is 5.32 Å². The van der Waals surface area contributed by atoms with E-state index in [0.29, 0.717) is 6.04 Å². The molecule has 0 aromatic heterocycles. The Morgan fingerprint density at radius 1 is 1.13 bits per heavy atom. The molecule has 2 rings (SSSR count). The maximum Gasteiger partial charge on any atom is 0.222 e. The minimum absolute atomic E-state index is 0.0822. The lowest BCUT2D eigenvalue weighted by Gasteiger charge is -2.33. The average Bonchev–Trinajstić information content (AvgIpc) is 2.16. The summed E-state index contributed by atoms with van der Waals surface area (Å²) >= 11 is 0. The van der Waals surface area contributed by atoms with E-state index in [1.807, 2.05) is 0 Å². The van der Waals surface area contributed by atoms with E-state index < -0.39 is 0 Å². The molecule has 0 radical (unpaired) electrons. The highest BCUT2D eigenvalue weighted by molar-refractivity contribution is 5.77. The van der Waals surface area contributed by atoms with E-state index in [1.165, 1.54) is 25.7 Å². The van der Waals surface area contributed by atoms with E-state index in [1.54, 1.807) is 0 Å². The molecule has 0 heterocycles. The van der Waals surface area contributed by atoms with Gasteiger partial charge >= 0.3 is 0 Å². The highest BCUT2D eigenvalue weighted by atomic mass is 16.1. The molecule has 0 aliphatic heterocycles. The molecule has 2 aliphatic carbocycles. The number of nitrogens with two attached hydrogens (primary N) is 1. The van der Waals surface area contributed by atoms with Crippen LogP contribution in [0.25, 0.3) is 0 Å². The Hall–Kier alpha value is -0.570. The van der Waals surface area contributed by atoms with Crippen LogP contribution < -0.4 is 11.1 Å². The number of primary amides is 1. The number of carbonyl (C=O) groups is 1. The molecule has 0 bridgehead atoms. The molecule has 0 aromatic carbocycles. The molecular weight excluding hydrogens is 188 g/mol. The normalized spacial score (nSPS) is 32.3. The third-order valence-corrected chi connectivity index (χ3v) is 4.02. The van der Waals surface area contributed by atoms with Crippen molar-refractivity contribution in [2.75, 3.05) is 6.54 Å². The summed E-state index contributed by atoms with van der Waals surface area (Å²) in [6.45, 7) is 1.09. The van der Waals surface area contributed by atoms with Gasteiger partial charge in [-0.2, -0.15) is 0 Å². The number of amides is 1. The Balaban J connectivity index is 1.78. The van der Waals surface area contributed by atoms with Crippen LogP contribution in [-0.4, -0.2) is 18.5 Å². The Labute approximate surface area is 91.8 Å². The van der Waals surface area contributed by atoms with Crippen LogP contribution >= 0.6 is 0 Å². The van der Waals surface area contributed by atoms with Gasteiger partial charge in [0, 0.05) is 6.04 Å². The van der Waals surface area contributed by atoms with E-state index in [4.69, 9.17) is 5.73 Å². The van der Waals surface area contributed by atoms with Crippen LogP contribution in [0.1, 0.15) is 44.9 Å². The molecule has 2 fully saturated rings. The van der Waals surface area contributed by atoms with E-state index >= 15 is 0 Å². The zero-order valence-electron chi connectivity index (χ0n) is 9.37. The first kappa shape index (κ1) is 10.9. The van der Waals surface area contributed by atoms with Crippen molar-refractivity contribution < 1.29 is 4.79 Å². The van der Waals surface area contributed by atoms with Crippen molar-refractivity contribution in [1.82, 2.24) is 5.32 Å². The van der Waals surface area contributed by atoms with Gasteiger partial charge < -0.3 is 11.1 Å². The molecule has 3 N–H and O–H groups in total. The van der Waals surface area contributed by atoms with Crippen LogP contribution in [-0.2, 0) is 4.79 Å². The van der Waals surface area contributed by atoms with Crippen molar-refractivity contribution in [3.8, 4) is 0 Å². The first-order chi connectivity index (χ1) is 7.27. The lowest BCUT2D eigenvalue weighted by Crippen LogP contribution is -2.46. The fourth-order valence-corrected chi connectivity index (χ4v) is 2.73. The summed E-state index contributed by atoms with van der Waals surface area (Å²) in [5.41, 5.74) is 5.43. The van der Waals surface area contributed by atoms with Gasteiger partial charge in [-0.1, -0.05) is 19.3 Å². The number of nitrogens with one attached hydrogen (secondary N) is 1. The topological polar surface area (TPSA) is 55.1 Å². The molecule has 0 aromatic rings. The Kier molecular flexibility index (Phi) is 3.62. The molecule has 2 atom stereocenters. The molecule has 1 amide bonds. The molecule has 0 unspecified atom stereocenters. The second kappa shape index (κ2) is 4.97. The Morgan fingerprint density at radius 2 is 1.87 bits per heavy atom. The lowest BCUT2D eigenvalue weighted by atomic mass is 9.82. The van der Waals surface area contributed by atoms with Crippen molar-refractivity contribution in [3.05, 3.63) is 0 Å². The monoisotopic (exact) mass is 210 g/mol. The van der Waals surface area contributed by atoms with E-state index in [0.717, 1.165) is 31.7 Å². The molecule has 3 nitrogen and oxygen atoms in total. The van der Waals surface area contributed by atoms with Crippen LogP contribution in [0.2, 0.25) is 0 Å². The van der Waals surface area contributed by atoms with Gasteiger partial charge in [-0.25, -0.2) is 0 Å². The quantitative estimate of drug-likeness (QED) is 0.737. The highest BCUT2D eigenvalue weighted by Gasteiger charge is 2.29. The van der Waals surface area contributed by atoms with Crippen LogP contribution in [0.5, 0.6) is 0 Å². The predicted octanol–water partition coefficient (Wildman–Crippen LogP) is 1.42. The summed E-state index contributed by atoms with van der Waals surface area (Å²) < 4.78 is 0. The summed E-state index contributed by atoms with van der Waals surface area (Å²) in [4.78, 5) is 11.3. The molecule has 2 aliphatic rings. The van der Waals surface area contributed by atoms with Crippen molar-refractivity contribution in [3.63, 3.8) is 0 Å². The summed E-state index contributed by atoms with van der Waals surface area (Å²) in [6, 6.07) is 0.358. The second-order valence-corrected chi connectivity index (χ2v) is 5.10. The molecular formula is C12H22N2O. The summed E-state index contributed by atoms with van der Waals surface area (Å²) in [5, 5.41) is 3.55. The molecule has 2 saturated carbocycles. The van der Waals surface area contributed by atoms with Crippen LogP contribution in [0.3, 0.4) is 0 Å². The van der Waals surface area contributed by atoms with Crippen molar-refractivity contribution >= 4 is 5.91 Å². The van der Waals surface area contributed by atoms with E-state index in [-0.39, 0.29) is 11.8 Å². The van der Waals surface area contributed by atoms with Gasteiger partial charge in [-0.15, -0.1) is 0 Å². The standard InChI is InChI=1S/C12H22N2O/c13-12(15)10-6-1-2-7-11(10)14-8-9-4-3-5-9/h9-11,14H,1-8H2,(H2,13,15)/t10-,11+/m0/s1. The van der Waals surface area contributed by atoms with Crippen molar-refractivity contribution in [2.45, 2.75) is 51.0 Å².